The van der Waals surface area contributed by atoms with Crippen molar-refractivity contribution in [3.8, 4) is 0 Å². The number of hydrogen-bond acceptors (Lipinski definition) is 2. The SMILES string of the molecule is COCC1CCCN(C(=O)Cn2ccc3ccccc32)C1. The Kier molecular flexibility index (Phi) is 4.25. The van der Waals surface area contributed by atoms with Gasteiger partial charge in [0.2, 0.25) is 5.91 Å². The number of hydrogen-bond donors (Lipinski definition) is 0. The van der Waals surface area contributed by atoms with E-state index in [2.05, 4.69) is 18.2 Å². The van der Waals surface area contributed by atoms with Crippen LogP contribution in [0.1, 0.15) is 12.8 Å². The second-order valence-corrected chi connectivity index (χ2v) is 5.81. The fourth-order valence-electron chi connectivity index (χ4n) is 3.19. The molecule has 0 bridgehead atoms. The first kappa shape index (κ1) is 14.1. The number of carbonyl (C=O) groups is 1. The maximum Gasteiger partial charge on any atom is 0.242 e. The van der Waals surface area contributed by atoms with Crippen molar-refractivity contribution < 1.29 is 9.53 Å². The molecule has 0 spiro atoms. The second-order valence-electron chi connectivity index (χ2n) is 5.81. The molecule has 4 nitrogen and oxygen atoms in total. The molecule has 1 atom stereocenters. The van der Waals surface area contributed by atoms with Gasteiger partial charge in [-0.25, -0.2) is 0 Å². The van der Waals surface area contributed by atoms with Crippen LogP contribution in [-0.4, -0.2) is 42.2 Å². The molecule has 0 saturated carbocycles. The van der Waals surface area contributed by atoms with E-state index >= 15 is 0 Å². The molecule has 21 heavy (non-hydrogen) atoms. The van der Waals surface area contributed by atoms with Crippen LogP contribution in [0.15, 0.2) is 36.5 Å². The van der Waals surface area contributed by atoms with Crippen LogP contribution in [0.2, 0.25) is 0 Å². The number of benzene rings is 1. The highest BCUT2D eigenvalue weighted by Crippen LogP contribution is 2.19. The van der Waals surface area contributed by atoms with Crippen molar-refractivity contribution in [3.63, 3.8) is 0 Å². The van der Waals surface area contributed by atoms with Crippen LogP contribution in [0.5, 0.6) is 0 Å². The summed E-state index contributed by atoms with van der Waals surface area (Å²) in [4.78, 5) is 14.5. The van der Waals surface area contributed by atoms with Crippen LogP contribution in [0.4, 0.5) is 0 Å². The number of nitrogens with zero attached hydrogens (tertiary/aromatic N) is 2. The van der Waals surface area contributed by atoms with Crippen molar-refractivity contribution in [2.75, 3.05) is 26.8 Å². The van der Waals surface area contributed by atoms with Gasteiger partial charge in [-0.1, -0.05) is 18.2 Å². The topological polar surface area (TPSA) is 34.5 Å². The molecule has 1 unspecified atom stereocenters. The average molecular weight is 286 g/mol. The highest BCUT2D eigenvalue weighted by molar-refractivity contribution is 5.83. The predicted molar refractivity (Wildman–Crippen MR) is 83.1 cm³/mol. The molecule has 1 aliphatic rings. The van der Waals surface area contributed by atoms with Gasteiger partial charge in [0.05, 0.1) is 6.61 Å². The van der Waals surface area contributed by atoms with E-state index in [1.807, 2.05) is 27.8 Å². The van der Waals surface area contributed by atoms with Crippen LogP contribution < -0.4 is 0 Å². The van der Waals surface area contributed by atoms with E-state index < -0.39 is 0 Å². The lowest BCUT2D eigenvalue weighted by Gasteiger charge is -2.32. The number of carbonyl (C=O) groups excluding carboxylic acids is 1. The maximum atomic E-state index is 12.5. The minimum Gasteiger partial charge on any atom is -0.384 e. The van der Waals surface area contributed by atoms with Crippen LogP contribution in [0.3, 0.4) is 0 Å². The van der Waals surface area contributed by atoms with Crippen molar-refractivity contribution in [1.82, 2.24) is 9.47 Å². The molecule has 2 heterocycles. The Hall–Kier alpha value is -1.81. The number of fused-ring (bicyclic) bond motifs is 1. The number of likely N-dealkylation sites (tertiary alicyclic amines) is 1. The van der Waals surface area contributed by atoms with Gasteiger partial charge in [-0.05, 0) is 36.3 Å². The summed E-state index contributed by atoms with van der Waals surface area (Å²) in [6.07, 6.45) is 4.23. The Labute approximate surface area is 125 Å². The molecule has 3 rings (SSSR count). The third-order valence-corrected chi connectivity index (χ3v) is 4.26. The lowest BCUT2D eigenvalue weighted by Crippen LogP contribution is -2.42. The Morgan fingerprint density at radius 3 is 3.05 bits per heavy atom. The Bertz CT molecular complexity index is 618. The molecule has 1 amide bonds. The van der Waals surface area contributed by atoms with Crippen molar-refractivity contribution in [3.05, 3.63) is 36.5 Å². The zero-order chi connectivity index (χ0) is 14.7. The summed E-state index contributed by atoms with van der Waals surface area (Å²) >= 11 is 0. The average Bonchev–Trinajstić information content (AvgIpc) is 2.91. The summed E-state index contributed by atoms with van der Waals surface area (Å²) in [5.74, 6) is 0.686. The van der Waals surface area contributed by atoms with Crippen molar-refractivity contribution in [2.24, 2.45) is 5.92 Å². The zero-order valence-electron chi connectivity index (χ0n) is 12.5. The monoisotopic (exact) mass is 286 g/mol. The lowest BCUT2D eigenvalue weighted by molar-refractivity contribution is -0.134. The standard InChI is InChI=1S/C17H22N2O2/c1-21-13-14-5-4-9-19(11-14)17(20)12-18-10-8-15-6-2-3-7-16(15)18/h2-3,6-8,10,14H,4-5,9,11-13H2,1H3. The highest BCUT2D eigenvalue weighted by Gasteiger charge is 2.23. The van der Waals surface area contributed by atoms with E-state index in [0.717, 1.165) is 38.1 Å². The molecule has 1 saturated heterocycles. The largest absolute Gasteiger partial charge is 0.384 e. The summed E-state index contributed by atoms with van der Waals surface area (Å²) in [6, 6.07) is 10.2. The highest BCUT2D eigenvalue weighted by atomic mass is 16.5. The fourth-order valence-corrected chi connectivity index (χ4v) is 3.19. The van der Waals surface area contributed by atoms with Crippen molar-refractivity contribution in [2.45, 2.75) is 19.4 Å². The van der Waals surface area contributed by atoms with Gasteiger partial charge in [-0.15, -0.1) is 0 Å². The van der Waals surface area contributed by atoms with Gasteiger partial charge in [0, 0.05) is 31.9 Å². The van der Waals surface area contributed by atoms with Crippen molar-refractivity contribution in [1.29, 1.82) is 0 Å². The predicted octanol–water partition coefficient (Wildman–Crippen LogP) is 2.53. The van der Waals surface area contributed by atoms with E-state index in [4.69, 9.17) is 4.74 Å². The summed E-state index contributed by atoms with van der Waals surface area (Å²) in [5, 5.41) is 1.18. The van der Waals surface area contributed by atoms with E-state index in [1.54, 1.807) is 7.11 Å². The van der Waals surface area contributed by atoms with Crippen LogP contribution in [-0.2, 0) is 16.1 Å². The molecule has 1 aromatic heterocycles. The summed E-state index contributed by atoms with van der Waals surface area (Å²) in [7, 11) is 1.73. The maximum absolute atomic E-state index is 12.5. The number of rotatable bonds is 4. The molecular weight excluding hydrogens is 264 g/mol. The van der Waals surface area contributed by atoms with E-state index in [1.165, 1.54) is 5.39 Å². The van der Waals surface area contributed by atoms with E-state index in [9.17, 15) is 4.79 Å². The normalized spacial score (nSPS) is 19.1. The Balaban J connectivity index is 1.68. The first-order valence-electron chi connectivity index (χ1n) is 7.58. The lowest BCUT2D eigenvalue weighted by atomic mass is 9.99. The number of aromatic nitrogens is 1. The molecule has 1 aliphatic heterocycles. The molecule has 112 valence electrons. The van der Waals surface area contributed by atoms with Crippen LogP contribution in [0.25, 0.3) is 10.9 Å². The number of methoxy groups -OCH3 is 1. The van der Waals surface area contributed by atoms with Gasteiger partial charge < -0.3 is 14.2 Å². The fraction of sp³-hybridized carbons (Fsp3) is 0.471. The van der Waals surface area contributed by atoms with Crippen LogP contribution in [0, 0.1) is 5.92 Å². The van der Waals surface area contributed by atoms with E-state index in [-0.39, 0.29) is 5.91 Å². The first-order valence-corrected chi connectivity index (χ1v) is 7.58. The minimum absolute atomic E-state index is 0.206. The van der Waals surface area contributed by atoms with Gasteiger partial charge in [0.1, 0.15) is 6.54 Å². The number of ether oxygens (including phenoxy) is 1. The number of amides is 1. The van der Waals surface area contributed by atoms with Crippen molar-refractivity contribution >= 4 is 16.8 Å². The number of piperidine rings is 1. The van der Waals surface area contributed by atoms with Gasteiger partial charge in [0.15, 0.2) is 0 Å². The summed E-state index contributed by atoms with van der Waals surface area (Å²) in [6.45, 7) is 2.87. The van der Waals surface area contributed by atoms with Gasteiger partial charge >= 0.3 is 0 Å². The Morgan fingerprint density at radius 2 is 2.19 bits per heavy atom. The molecule has 4 heteroatoms. The molecule has 2 aromatic rings. The third kappa shape index (κ3) is 3.10. The molecule has 0 N–H and O–H groups in total. The molecule has 0 aliphatic carbocycles. The quantitative estimate of drug-likeness (QED) is 0.865. The summed E-state index contributed by atoms with van der Waals surface area (Å²) in [5.41, 5.74) is 1.12. The number of para-hydroxylation sites is 1. The minimum atomic E-state index is 0.206. The van der Waals surface area contributed by atoms with Gasteiger partial charge in [0.25, 0.3) is 0 Å². The molecule has 0 radical (unpaired) electrons. The Morgan fingerprint density at radius 1 is 1.33 bits per heavy atom. The summed E-state index contributed by atoms with van der Waals surface area (Å²) < 4.78 is 7.27. The third-order valence-electron chi connectivity index (χ3n) is 4.26. The molecule has 1 fully saturated rings. The first-order chi connectivity index (χ1) is 10.3. The zero-order valence-corrected chi connectivity index (χ0v) is 12.5. The van der Waals surface area contributed by atoms with Gasteiger partial charge in [-0.2, -0.15) is 0 Å². The molecule has 1 aromatic carbocycles. The molecular formula is C17H22N2O2. The second kappa shape index (κ2) is 6.31. The van der Waals surface area contributed by atoms with E-state index in [0.29, 0.717) is 12.5 Å². The van der Waals surface area contributed by atoms with Gasteiger partial charge in [-0.3, -0.25) is 4.79 Å². The van der Waals surface area contributed by atoms with Crippen LogP contribution >= 0.6 is 0 Å². The smallest absolute Gasteiger partial charge is 0.242 e.